The SMILES string of the molecule is c1ccc2c(Nc3cccc4c3ccc3ccccc34)cccc2c1. The summed E-state index contributed by atoms with van der Waals surface area (Å²) in [5, 5.41) is 11.2. The topological polar surface area (TPSA) is 12.0 Å². The first-order valence-electron chi connectivity index (χ1n) is 8.55. The lowest BCUT2D eigenvalue weighted by Gasteiger charge is -2.13. The Bertz CT molecular complexity index is 1220. The van der Waals surface area contributed by atoms with E-state index >= 15 is 0 Å². The summed E-state index contributed by atoms with van der Waals surface area (Å²) in [6, 6.07) is 34.3. The molecule has 0 saturated heterocycles. The molecule has 5 rings (SSSR count). The second-order valence-corrected chi connectivity index (χ2v) is 6.34. The molecule has 0 aliphatic rings. The Hall–Kier alpha value is -3.32. The highest BCUT2D eigenvalue weighted by atomic mass is 14.9. The lowest BCUT2D eigenvalue weighted by atomic mass is 10.0. The van der Waals surface area contributed by atoms with Gasteiger partial charge in [-0.3, -0.25) is 0 Å². The van der Waals surface area contributed by atoms with Crippen LogP contribution in [0.1, 0.15) is 0 Å². The van der Waals surface area contributed by atoms with Crippen LogP contribution in [0.2, 0.25) is 0 Å². The third kappa shape index (κ3) is 2.33. The number of anilines is 2. The van der Waals surface area contributed by atoms with Gasteiger partial charge in [-0.05, 0) is 33.7 Å². The van der Waals surface area contributed by atoms with Crippen LogP contribution in [-0.2, 0) is 0 Å². The predicted octanol–water partition coefficient (Wildman–Crippen LogP) is 6.89. The van der Waals surface area contributed by atoms with E-state index < -0.39 is 0 Å². The third-order valence-electron chi connectivity index (χ3n) is 4.85. The van der Waals surface area contributed by atoms with Crippen LogP contribution in [0.4, 0.5) is 11.4 Å². The van der Waals surface area contributed by atoms with Crippen LogP contribution in [0.25, 0.3) is 32.3 Å². The maximum absolute atomic E-state index is 3.65. The van der Waals surface area contributed by atoms with Gasteiger partial charge in [-0.1, -0.05) is 84.9 Å². The second-order valence-electron chi connectivity index (χ2n) is 6.34. The Kier molecular flexibility index (Phi) is 3.17. The third-order valence-corrected chi connectivity index (χ3v) is 4.85. The molecule has 0 unspecified atom stereocenters. The predicted molar refractivity (Wildman–Crippen MR) is 109 cm³/mol. The van der Waals surface area contributed by atoms with Crippen molar-refractivity contribution in [3.8, 4) is 0 Å². The number of hydrogen-bond acceptors (Lipinski definition) is 1. The van der Waals surface area contributed by atoms with Gasteiger partial charge in [-0.2, -0.15) is 0 Å². The number of benzene rings is 5. The zero-order valence-corrected chi connectivity index (χ0v) is 13.7. The van der Waals surface area contributed by atoms with Crippen LogP contribution in [0.15, 0.2) is 97.1 Å². The highest BCUT2D eigenvalue weighted by molar-refractivity contribution is 6.12. The second kappa shape index (κ2) is 5.64. The molecule has 0 bridgehead atoms. The smallest absolute Gasteiger partial charge is 0.0464 e. The van der Waals surface area contributed by atoms with E-state index in [-0.39, 0.29) is 0 Å². The first kappa shape index (κ1) is 14.1. The highest BCUT2D eigenvalue weighted by Gasteiger charge is 2.06. The van der Waals surface area contributed by atoms with Gasteiger partial charge in [-0.15, -0.1) is 0 Å². The summed E-state index contributed by atoms with van der Waals surface area (Å²) in [7, 11) is 0. The van der Waals surface area contributed by atoms with Gasteiger partial charge in [-0.25, -0.2) is 0 Å². The fraction of sp³-hybridized carbons (Fsp3) is 0. The standard InChI is InChI=1S/C24H17N/c1-3-10-19-18(8-1)15-16-22-21(19)12-6-14-24(22)25-23-13-5-9-17-7-2-4-11-20(17)23/h1-16,25H. The zero-order valence-electron chi connectivity index (χ0n) is 13.7. The zero-order chi connectivity index (χ0) is 16.6. The monoisotopic (exact) mass is 319 g/mol. The molecule has 25 heavy (non-hydrogen) atoms. The molecule has 0 heterocycles. The van der Waals surface area contributed by atoms with Gasteiger partial charge >= 0.3 is 0 Å². The van der Waals surface area contributed by atoms with Gasteiger partial charge in [0.25, 0.3) is 0 Å². The molecule has 1 N–H and O–H groups in total. The molecule has 5 aromatic carbocycles. The fourth-order valence-electron chi connectivity index (χ4n) is 3.63. The molecule has 1 heteroatoms. The normalized spacial score (nSPS) is 11.2. The van der Waals surface area contributed by atoms with Crippen LogP contribution >= 0.6 is 0 Å². The average Bonchev–Trinajstić information content (AvgIpc) is 2.68. The van der Waals surface area contributed by atoms with Crippen molar-refractivity contribution < 1.29 is 0 Å². The van der Waals surface area contributed by atoms with Crippen molar-refractivity contribution in [1.82, 2.24) is 0 Å². The first-order chi connectivity index (χ1) is 12.4. The van der Waals surface area contributed by atoms with Crippen molar-refractivity contribution in [2.45, 2.75) is 0 Å². The van der Waals surface area contributed by atoms with Crippen LogP contribution in [0.3, 0.4) is 0 Å². The van der Waals surface area contributed by atoms with Crippen molar-refractivity contribution in [3.63, 3.8) is 0 Å². The van der Waals surface area contributed by atoms with Crippen molar-refractivity contribution in [1.29, 1.82) is 0 Å². The molecule has 0 aliphatic heterocycles. The molecule has 5 aromatic rings. The summed E-state index contributed by atoms with van der Waals surface area (Å²) >= 11 is 0. The van der Waals surface area contributed by atoms with Crippen LogP contribution in [0, 0.1) is 0 Å². The average molecular weight is 319 g/mol. The highest BCUT2D eigenvalue weighted by Crippen LogP contribution is 2.33. The number of nitrogens with one attached hydrogen (secondary N) is 1. The first-order valence-corrected chi connectivity index (χ1v) is 8.55. The Morgan fingerprint density at radius 3 is 1.76 bits per heavy atom. The van der Waals surface area contributed by atoms with Crippen molar-refractivity contribution in [3.05, 3.63) is 97.1 Å². The number of fused-ring (bicyclic) bond motifs is 4. The number of rotatable bonds is 2. The summed E-state index contributed by atoms with van der Waals surface area (Å²) in [5.74, 6) is 0. The minimum atomic E-state index is 1.14. The van der Waals surface area contributed by atoms with E-state index in [9.17, 15) is 0 Å². The van der Waals surface area contributed by atoms with Gasteiger partial charge < -0.3 is 5.32 Å². The molecule has 0 saturated carbocycles. The quantitative estimate of drug-likeness (QED) is 0.349. The molecule has 0 atom stereocenters. The lowest BCUT2D eigenvalue weighted by Crippen LogP contribution is -1.93. The minimum absolute atomic E-state index is 1.14. The summed E-state index contributed by atoms with van der Waals surface area (Å²) in [6.07, 6.45) is 0. The molecule has 0 fully saturated rings. The molecular formula is C24H17N. The summed E-state index contributed by atoms with van der Waals surface area (Å²) in [4.78, 5) is 0. The van der Waals surface area contributed by atoms with E-state index in [0.29, 0.717) is 0 Å². The van der Waals surface area contributed by atoms with Crippen LogP contribution < -0.4 is 5.32 Å². The van der Waals surface area contributed by atoms with Gasteiger partial charge in [0.1, 0.15) is 0 Å². The fourth-order valence-corrected chi connectivity index (χ4v) is 3.63. The van der Waals surface area contributed by atoms with Crippen molar-refractivity contribution in [2.75, 3.05) is 5.32 Å². The number of hydrogen-bond donors (Lipinski definition) is 1. The minimum Gasteiger partial charge on any atom is -0.355 e. The summed E-state index contributed by atoms with van der Waals surface area (Å²) in [6.45, 7) is 0. The van der Waals surface area contributed by atoms with Crippen LogP contribution in [-0.4, -0.2) is 0 Å². The Labute approximate surface area is 146 Å². The molecule has 0 radical (unpaired) electrons. The Morgan fingerprint density at radius 2 is 0.920 bits per heavy atom. The van der Waals surface area contributed by atoms with Gasteiger partial charge in [0.05, 0.1) is 0 Å². The van der Waals surface area contributed by atoms with Gasteiger partial charge in [0, 0.05) is 22.1 Å². The van der Waals surface area contributed by atoms with E-state index in [1.807, 2.05) is 0 Å². The van der Waals surface area contributed by atoms with E-state index in [2.05, 4.69) is 102 Å². The molecule has 0 aromatic heterocycles. The van der Waals surface area contributed by atoms with Gasteiger partial charge in [0.15, 0.2) is 0 Å². The molecule has 0 spiro atoms. The Balaban J connectivity index is 1.72. The van der Waals surface area contributed by atoms with Crippen molar-refractivity contribution >= 4 is 43.7 Å². The van der Waals surface area contributed by atoms with E-state index in [0.717, 1.165) is 11.4 Å². The molecule has 0 amide bonds. The molecule has 0 aliphatic carbocycles. The lowest BCUT2D eigenvalue weighted by molar-refractivity contribution is 1.61. The van der Waals surface area contributed by atoms with E-state index in [1.54, 1.807) is 0 Å². The Morgan fingerprint density at radius 1 is 0.360 bits per heavy atom. The van der Waals surface area contributed by atoms with Crippen LogP contribution in [0.5, 0.6) is 0 Å². The van der Waals surface area contributed by atoms with Gasteiger partial charge in [0.2, 0.25) is 0 Å². The van der Waals surface area contributed by atoms with E-state index in [1.165, 1.54) is 32.3 Å². The molecule has 118 valence electrons. The summed E-state index contributed by atoms with van der Waals surface area (Å²) in [5.41, 5.74) is 2.28. The maximum Gasteiger partial charge on any atom is 0.0464 e. The van der Waals surface area contributed by atoms with E-state index in [4.69, 9.17) is 0 Å². The molecule has 1 nitrogen and oxygen atoms in total. The maximum atomic E-state index is 3.65. The summed E-state index contributed by atoms with van der Waals surface area (Å²) < 4.78 is 0. The van der Waals surface area contributed by atoms with Crippen molar-refractivity contribution in [2.24, 2.45) is 0 Å². The largest absolute Gasteiger partial charge is 0.355 e. The molecular weight excluding hydrogens is 302 g/mol.